The van der Waals surface area contributed by atoms with Gasteiger partial charge in [0.25, 0.3) is 5.69 Å². The molecule has 0 spiro atoms. The van der Waals surface area contributed by atoms with Gasteiger partial charge in [-0.2, -0.15) is 0 Å². The minimum Gasteiger partial charge on any atom is -0.480 e. The molecule has 0 unspecified atom stereocenters. The molecule has 1 aliphatic rings. The van der Waals surface area contributed by atoms with E-state index in [1.54, 1.807) is 23.1 Å². The van der Waals surface area contributed by atoms with Gasteiger partial charge in [0.1, 0.15) is 6.04 Å². The zero-order chi connectivity index (χ0) is 13.1. The largest absolute Gasteiger partial charge is 0.480 e. The van der Waals surface area contributed by atoms with E-state index >= 15 is 0 Å². The lowest BCUT2D eigenvalue weighted by atomic mass is 10.1. The van der Waals surface area contributed by atoms with E-state index < -0.39 is 16.9 Å². The average molecular weight is 250 g/mol. The molecule has 96 valence electrons. The van der Waals surface area contributed by atoms with Crippen molar-refractivity contribution in [1.82, 2.24) is 4.90 Å². The van der Waals surface area contributed by atoms with Gasteiger partial charge in [-0.25, -0.2) is 0 Å². The van der Waals surface area contributed by atoms with Crippen molar-refractivity contribution >= 4 is 11.7 Å². The number of carboxylic acid groups (broad SMARTS) is 1. The van der Waals surface area contributed by atoms with E-state index in [4.69, 9.17) is 5.11 Å². The van der Waals surface area contributed by atoms with Crippen molar-refractivity contribution in [2.75, 3.05) is 6.54 Å². The summed E-state index contributed by atoms with van der Waals surface area (Å²) in [4.78, 5) is 23.3. The molecular formula is C12H14N2O4. The van der Waals surface area contributed by atoms with Gasteiger partial charge >= 0.3 is 5.97 Å². The van der Waals surface area contributed by atoms with Gasteiger partial charge < -0.3 is 5.11 Å². The predicted octanol–water partition coefficient (Wildman–Crippen LogP) is 1.64. The molecule has 1 aromatic carbocycles. The number of aliphatic carboxylic acids is 1. The van der Waals surface area contributed by atoms with E-state index in [0.717, 1.165) is 6.42 Å². The first kappa shape index (κ1) is 12.5. The van der Waals surface area contributed by atoms with Crippen LogP contribution in [0.1, 0.15) is 18.4 Å². The summed E-state index contributed by atoms with van der Waals surface area (Å²) in [5.74, 6) is -0.855. The van der Waals surface area contributed by atoms with Crippen LogP contribution in [-0.4, -0.2) is 33.5 Å². The molecule has 0 aromatic heterocycles. The van der Waals surface area contributed by atoms with Crippen LogP contribution in [0.2, 0.25) is 0 Å². The van der Waals surface area contributed by atoms with Crippen LogP contribution in [0, 0.1) is 10.1 Å². The normalized spacial score (nSPS) is 19.9. The Kier molecular flexibility index (Phi) is 3.57. The zero-order valence-corrected chi connectivity index (χ0v) is 9.78. The maximum absolute atomic E-state index is 11.0. The quantitative estimate of drug-likeness (QED) is 0.648. The van der Waals surface area contributed by atoms with Crippen molar-refractivity contribution in [1.29, 1.82) is 0 Å². The number of para-hydroxylation sites is 1. The maximum Gasteiger partial charge on any atom is 0.320 e. The monoisotopic (exact) mass is 250 g/mol. The number of hydrogen-bond donors (Lipinski definition) is 1. The molecule has 0 amide bonds. The van der Waals surface area contributed by atoms with E-state index in [0.29, 0.717) is 25.1 Å². The summed E-state index contributed by atoms with van der Waals surface area (Å²) < 4.78 is 0. The molecule has 1 aliphatic heterocycles. The second-order valence-corrected chi connectivity index (χ2v) is 4.35. The fraction of sp³-hybridized carbons (Fsp3) is 0.417. The van der Waals surface area contributed by atoms with Gasteiger partial charge in [-0.3, -0.25) is 19.8 Å². The minimum absolute atomic E-state index is 0.0496. The molecule has 1 heterocycles. The average Bonchev–Trinajstić information content (AvgIpc) is 2.77. The molecule has 0 saturated carbocycles. The van der Waals surface area contributed by atoms with Gasteiger partial charge in [-0.1, -0.05) is 18.2 Å². The minimum atomic E-state index is -0.855. The number of carboxylic acids is 1. The van der Waals surface area contributed by atoms with Crippen LogP contribution in [0.4, 0.5) is 5.69 Å². The van der Waals surface area contributed by atoms with Crippen molar-refractivity contribution < 1.29 is 14.8 Å². The van der Waals surface area contributed by atoms with Gasteiger partial charge in [0, 0.05) is 18.2 Å². The highest BCUT2D eigenvalue weighted by Crippen LogP contribution is 2.24. The second kappa shape index (κ2) is 5.14. The second-order valence-electron chi connectivity index (χ2n) is 4.35. The Morgan fingerprint density at radius 3 is 2.89 bits per heavy atom. The van der Waals surface area contributed by atoms with Crippen LogP contribution in [0.25, 0.3) is 0 Å². The molecule has 0 bridgehead atoms. The Balaban J connectivity index is 2.19. The molecule has 1 fully saturated rings. The van der Waals surface area contributed by atoms with E-state index in [-0.39, 0.29) is 5.69 Å². The first-order valence-corrected chi connectivity index (χ1v) is 5.78. The molecule has 1 atom stereocenters. The predicted molar refractivity (Wildman–Crippen MR) is 64.2 cm³/mol. The SMILES string of the molecule is O=C(O)[C@@H]1CCCN1Cc1ccccc1[N+](=O)[O-]. The summed E-state index contributed by atoms with van der Waals surface area (Å²) in [6.45, 7) is 0.983. The third-order valence-electron chi connectivity index (χ3n) is 3.21. The van der Waals surface area contributed by atoms with Gasteiger partial charge in [-0.05, 0) is 19.4 Å². The lowest BCUT2D eigenvalue weighted by molar-refractivity contribution is -0.385. The van der Waals surface area contributed by atoms with Crippen molar-refractivity contribution in [2.24, 2.45) is 0 Å². The van der Waals surface area contributed by atoms with E-state index in [1.165, 1.54) is 6.07 Å². The molecule has 6 nitrogen and oxygen atoms in total. The first-order valence-electron chi connectivity index (χ1n) is 5.78. The van der Waals surface area contributed by atoms with Crippen LogP contribution < -0.4 is 0 Å². The van der Waals surface area contributed by atoms with Crippen LogP contribution in [0.5, 0.6) is 0 Å². The zero-order valence-electron chi connectivity index (χ0n) is 9.78. The number of hydrogen-bond acceptors (Lipinski definition) is 4. The van der Waals surface area contributed by atoms with Crippen molar-refractivity contribution in [3.8, 4) is 0 Å². The molecule has 2 rings (SSSR count). The fourth-order valence-electron chi connectivity index (χ4n) is 2.34. The summed E-state index contributed by atoms with van der Waals surface area (Å²) in [5.41, 5.74) is 0.615. The number of nitro groups is 1. The van der Waals surface area contributed by atoms with Crippen molar-refractivity contribution in [2.45, 2.75) is 25.4 Å². The van der Waals surface area contributed by atoms with Crippen molar-refractivity contribution in [3.05, 3.63) is 39.9 Å². The molecule has 1 saturated heterocycles. The maximum atomic E-state index is 11.0. The summed E-state index contributed by atoms with van der Waals surface area (Å²) in [7, 11) is 0. The standard InChI is InChI=1S/C12H14N2O4/c15-12(16)11-6-3-7-13(11)8-9-4-1-2-5-10(9)14(17)18/h1-2,4-5,11H,3,6-8H2,(H,15,16)/t11-/m0/s1. The molecule has 1 N–H and O–H groups in total. The number of benzene rings is 1. The first-order chi connectivity index (χ1) is 8.59. The number of rotatable bonds is 4. The highest BCUT2D eigenvalue weighted by molar-refractivity contribution is 5.73. The molecule has 18 heavy (non-hydrogen) atoms. The van der Waals surface area contributed by atoms with Crippen LogP contribution >= 0.6 is 0 Å². The van der Waals surface area contributed by atoms with Gasteiger partial charge in [0.15, 0.2) is 0 Å². The lowest BCUT2D eigenvalue weighted by Crippen LogP contribution is -2.35. The smallest absolute Gasteiger partial charge is 0.320 e. The third-order valence-corrected chi connectivity index (χ3v) is 3.21. The highest BCUT2D eigenvalue weighted by Gasteiger charge is 2.31. The van der Waals surface area contributed by atoms with Crippen LogP contribution in [-0.2, 0) is 11.3 Å². The fourth-order valence-corrected chi connectivity index (χ4v) is 2.34. The van der Waals surface area contributed by atoms with Crippen molar-refractivity contribution in [3.63, 3.8) is 0 Å². The lowest BCUT2D eigenvalue weighted by Gasteiger charge is -2.20. The Morgan fingerprint density at radius 1 is 1.50 bits per heavy atom. The number of likely N-dealkylation sites (tertiary alicyclic amines) is 1. The summed E-state index contributed by atoms with van der Waals surface area (Å²) in [6.07, 6.45) is 1.42. The van der Waals surface area contributed by atoms with Crippen LogP contribution in [0.3, 0.4) is 0 Å². The molecule has 1 aromatic rings. The van der Waals surface area contributed by atoms with E-state index in [9.17, 15) is 14.9 Å². The molecule has 0 radical (unpaired) electrons. The van der Waals surface area contributed by atoms with Gasteiger partial charge in [0.05, 0.1) is 4.92 Å². The number of carbonyl (C=O) groups is 1. The van der Waals surface area contributed by atoms with Gasteiger partial charge in [-0.15, -0.1) is 0 Å². The Hall–Kier alpha value is -1.95. The Labute approximate surface area is 104 Å². The Bertz CT molecular complexity index is 475. The molecule has 0 aliphatic carbocycles. The molecule has 6 heteroatoms. The van der Waals surface area contributed by atoms with E-state index in [1.807, 2.05) is 0 Å². The third kappa shape index (κ3) is 2.48. The highest BCUT2D eigenvalue weighted by atomic mass is 16.6. The van der Waals surface area contributed by atoms with Crippen LogP contribution in [0.15, 0.2) is 24.3 Å². The van der Waals surface area contributed by atoms with E-state index in [2.05, 4.69) is 0 Å². The summed E-state index contributed by atoms with van der Waals surface area (Å²) >= 11 is 0. The van der Waals surface area contributed by atoms with Gasteiger partial charge in [0.2, 0.25) is 0 Å². The molecular weight excluding hydrogens is 236 g/mol. The topological polar surface area (TPSA) is 83.7 Å². The summed E-state index contributed by atoms with van der Waals surface area (Å²) in [6, 6.07) is 5.94. The number of nitrogens with zero attached hydrogens (tertiary/aromatic N) is 2. The summed E-state index contributed by atoms with van der Waals surface area (Å²) in [5, 5.41) is 19.9. The Morgan fingerprint density at radius 2 is 2.22 bits per heavy atom. The number of nitro benzene ring substituents is 1.